The molecule has 2 rings (SSSR count). The first-order valence-corrected chi connectivity index (χ1v) is 5.71. The molecule has 1 fully saturated rings. The molecule has 1 aliphatic rings. The Morgan fingerprint density at radius 3 is 2.47 bits per heavy atom. The maximum atomic E-state index is 11.6. The van der Waals surface area contributed by atoms with Gasteiger partial charge in [0.25, 0.3) is 5.56 Å². The maximum Gasteiger partial charge on any atom is 0.267 e. The third kappa shape index (κ3) is 2.00. The van der Waals surface area contributed by atoms with E-state index < -0.39 is 0 Å². The van der Waals surface area contributed by atoms with Crippen LogP contribution in [0, 0.1) is 0 Å². The Kier molecular flexibility index (Phi) is 2.95. The molecule has 0 aromatic carbocycles. The molecule has 4 heteroatoms. The molecule has 84 valence electrons. The van der Waals surface area contributed by atoms with Gasteiger partial charge < -0.3 is 10.4 Å². The molecule has 15 heavy (non-hydrogen) atoms. The quantitative estimate of drug-likeness (QED) is 0.687. The molecule has 0 aliphatic carbocycles. The van der Waals surface area contributed by atoms with Gasteiger partial charge in [0.15, 0.2) is 0 Å². The Morgan fingerprint density at radius 1 is 1.20 bits per heavy atom. The van der Waals surface area contributed by atoms with Crippen LogP contribution in [0.1, 0.15) is 49.8 Å². The molecule has 2 heterocycles. The molecule has 1 aromatic rings. The molecule has 0 amide bonds. The van der Waals surface area contributed by atoms with Gasteiger partial charge in [0.1, 0.15) is 0 Å². The van der Waals surface area contributed by atoms with Crippen molar-refractivity contribution >= 4 is 0 Å². The summed E-state index contributed by atoms with van der Waals surface area (Å²) < 4.78 is 0. The molecule has 0 spiro atoms. The monoisotopic (exact) mass is 209 g/mol. The first-order chi connectivity index (χ1) is 7.20. The summed E-state index contributed by atoms with van der Waals surface area (Å²) >= 11 is 0. The standard InChI is InChI=1S/C11H19N3O/c1-7(2)9-10(13-14-11(9)15)8-3-5-12-6-4-8/h7-8,12H,3-6H2,1-2H3,(H2,13,14,15). The summed E-state index contributed by atoms with van der Waals surface area (Å²) in [5, 5.41) is 9.11. The third-order valence-electron chi connectivity index (χ3n) is 3.17. The molecule has 1 aromatic heterocycles. The number of hydrogen-bond donors (Lipinski definition) is 3. The van der Waals surface area contributed by atoms with Crippen LogP contribution in [0.15, 0.2) is 4.79 Å². The van der Waals surface area contributed by atoms with Crippen LogP contribution >= 0.6 is 0 Å². The summed E-state index contributed by atoms with van der Waals surface area (Å²) in [6.45, 7) is 6.25. The number of rotatable bonds is 2. The third-order valence-corrected chi connectivity index (χ3v) is 3.17. The second-order valence-corrected chi connectivity index (χ2v) is 4.59. The van der Waals surface area contributed by atoms with Crippen LogP contribution < -0.4 is 10.9 Å². The van der Waals surface area contributed by atoms with E-state index >= 15 is 0 Å². The number of H-pyrrole nitrogens is 2. The molecule has 4 nitrogen and oxygen atoms in total. The second kappa shape index (κ2) is 4.23. The Bertz CT molecular complexity index is 371. The van der Waals surface area contributed by atoms with Crippen molar-refractivity contribution in [2.75, 3.05) is 13.1 Å². The van der Waals surface area contributed by atoms with Gasteiger partial charge in [-0.3, -0.25) is 9.89 Å². The summed E-state index contributed by atoms with van der Waals surface area (Å²) in [7, 11) is 0. The summed E-state index contributed by atoms with van der Waals surface area (Å²) in [5.74, 6) is 0.812. The van der Waals surface area contributed by atoms with Crippen molar-refractivity contribution in [3.05, 3.63) is 21.6 Å². The SMILES string of the molecule is CC(C)c1c(C2CCNCC2)[nH][nH]c1=O. The van der Waals surface area contributed by atoms with Crippen LogP contribution in [0.5, 0.6) is 0 Å². The number of nitrogens with one attached hydrogen (secondary N) is 3. The van der Waals surface area contributed by atoms with Crippen molar-refractivity contribution in [3.8, 4) is 0 Å². The van der Waals surface area contributed by atoms with Crippen LogP contribution in [0.2, 0.25) is 0 Å². The summed E-state index contributed by atoms with van der Waals surface area (Å²) in [4.78, 5) is 11.6. The summed E-state index contributed by atoms with van der Waals surface area (Å²) in [6, 6.07) is 0. The maximum absolute atomic E-state index is 11.6. The molecule has 0 atom stereocenters. The molecule has 1 aliphatic heterocycles. The predicted octanol–water partition coefficient (Wildman–Crippen LogP) is 1.29. The van der Waals surface area contributed by atoms with Crippen LogP contribution in [0.4, 0.5) is 0 Å². The van der Waals surface area contributed by atoms with Gasteiger partial charge in [0.2, 0.25) is 0 Å². The Labute approximate surface area is 89.5 Å². The largest absolute Gasteiger partial charge is 0.317 e. The average molecular weight is 209 g/mol. The number of piperidine rings is 1. The minimum atomic E-state index is 0.0542. The van der Waals surface area contributed by atoms with E-state index in [-0.39, 0.29) is 5.56 Å². The predicted molar refractivity (Wildman–Crippen MR) is 60.3 cm³/mol. The fourth-order valence-electron chi connectivity index (χ4n) is 2.39. The van der Waals surface area contributed by atoms with Gasteiger partial charge in [-0.2, -0.15) is 0 Å². The van der Waals surface area contributed by atoms with Crippen molar-refractivity contribution in [2.24, 2.45) is 0 Å². The lowest BCUT2D eigenvalue weighted by Crippen LogP contribution is -2.27. The zero-order valence-electron chi connectivity index (χ0n) is 9.39. The van der Waals surface area contributed by atoms with E-state index in [1.807, 2.05) is 0 Å². The molecular weight excluding hydrogens is 190 g/mol. The Hall–Kier alpha value is -1.03. The Balaban J connectivity index is 2.30. The van der Waals surface area contributed by atoms with Gasteiger partial charge in [-0.05, 0) is 31.8 Å². The number of aromatic nitrogens is 2. The van der Waals surface area contributed by atoms with Crippen LogP contribution in [0.3, 0.4) is 0 Å². The zero-order chi connectivity index (χ0) is 10.8. The molecule has 0 unspecified atom stereocenters. The Morgan fingerprint density at radius 2 is 1.87 bits per heavy atom. The van der Waals surface area contributed by atoms with Crippen LogP contribution in [-0.4, -0.2) is 23.3 Å². The molecule has 0 bridgehead atoms. The second-order valence-electron chi connectivity index (χ2n) is 4.59. The fourth-order valence-corrected chi connectivity index (χ4v) is 2.39. The molecular formula is C11H19N3O. The summed E-state index contributed by atoms with van der Waals surface area (Å²) in [6.07, 6.45) is 2.24. The van der Waals surface area contributed by atoms with Gasteiger partial charge in [0, 0.05) is 17.2 Å². The zero-order valence-corrected chi connectivity index (χ0v) is 9.39. The normalized spacial score (nSPS) is 18.6. The van der Waals surface area contributed by atoms with E-state index in [9.17, 15) is 4.79 Å². The van der Waals surface area contributed by atoms with E-state index in [0.717, 1.165) is 37.2 Å². The fraction of sp³-hybridized carbons (Fsp3) is 0.727. The van der Waals surface area contributed by atoms with E-state index in [0.29, 0.717) is 11.8 Å². The van der Waals surface area contributed by atoms with E-state index in [1.54, 1.807) is 0 Å². The molecule has 0 radical (unpaired) electrons. The highest BCUT2D eigenvalue weighted by atomic mass is 16.1. The van der Waals surface area contributed by atoms with Gasteiger partial charge in [0.05, 0.1) is 0 Å². The highest BCUT2D eigenvalue weighted by molar-refractivity contribution is 5.24. The van der Waals surface area contributed by atoms with Crippen molar-refractivity contribution < 1.29 is 0 Å². The average Bonchev–Trinajstić information content (AvgIpc) is 2.61. The van der Waals surface area contributed by atoms with Crippen molar-refractivity contribution in [1.82, 2.24) is 15.5 Å². The van der Waals surface area contributed by atoms with Crippen LogP contribution in [-0.2, 0) is 0 Å². The molecule has 0 saturated carbocycles. The lowest BCUT2D eigenvalue weighted by Gasteiger charge is -2.23. The van der Waals surface area contributed by atoms with Gasteiger partial charge in [-0.25, -0.2) is 0 Å². The lowest BCUT2D eigenvalue weighted by molar-refractivity contribution is 0.449. The van der Waals surface area contributed by atoms with Crippen molar-refractivity contribution in [3.63, 3.8) is 0 Å². The highest BCUT2D eigenvalue weighted by Gasteiger charge is 2.22. The molecule has 1 saturated heterocycles. The van der Waals surface area contributed by atoms with Crippen molar-refractivity contribution in [2.45, 2.75) is 38.5 Å². The van der Waals surface area contributed by atoms with Gasteiger partial charge >= 0.3 is 0 Å². The van der Waals surface area contributed by atoms with Crippen LogP contribution in [0.25, 0.3) is 0 Å². The van der Waals surface area contributed by atoms with E-state index in [4.69, 9.17) is 0 Å². The number of aromatic amines is 2. The highest BCUT2D eigenvalue weighted by Crippen LogP contribution is 2.27. The topological polar surface area (TPSA) is 60.7 Å². The molecule has 3 N–H and O–H groups in total. The van der Waals surface area contributed by atoms with E-state index in [2.05, 4.69) is 29.4 Å². The lowest BCUT2D eigenvalue weighted by atomic mass is 9.89. The van der Waals surface area contributed by atoms with E-state index in [1.165, 1.54) is 0 Å². The minimum Gasteiger partial charge on any atom is -0.317 e. The minimum absolute atomic E-state index is 0.0542. The number of hydrogen-bond acceptors (Lipinski definition) is 2. The van der Waals surface area contributed by atoms with Gasteiger partial charge in [-0.1, -0.05) is 13.8 Å². The first kappa shape index (κ1) is 10.5. The first-order valence-electron chi connectivity index (χ1n) is 5.71. The van der Waals surface area contributed by atoms with Gasteiger partial charge in [-0.15, -0.1) is 0 Å². The van der Waals surface area contributed by atoms with Crippen molar-refractivity contribution in [1.29, 1.82) is 0 Å². The summed E-state index contributed by atoms with van der Waals surface area (Å²) in [5.41, 5.74) is 2.14. The smallest absolute Gasteiger partial charge is 0.267 e.